The first kappa shape index (κ1) is 11.9. The minimum Gasteiger partial charge on any atom is -0.465 e. The Morgan fingerprint density at radius 2 is 1.88 bits per heavy atom. The van der Waals surface area contributed by atoms with E-state index in [2.05, 4.69) is 5.32 Å². The number of carbonyl (C=O) groups is 1. The molecule has 2 saturated carbocycles. The lowest BCUT2D eigenvalue weighted by Gasteiger charge is -2.31. The summed E-state index contributed by atoms with van der Waals surface area (Å²) in [4.78, 5) is 12.1. The summed E-state index contributed by atoms with van der Waals surface area (Å²) in [6.07, 6.45) is 9.27. The van der Waals surface area contributed by atoms with E-state index in [0.717, 1.165) is 25.7 Å². The molecule has 92 valence electrons. The molecular formula is C13H23NO2. The highest BCUT2D eigenvalue weighted by atomic mass is 16.5. The third kappa shape index (κ3) is 2.40. The van der Waals surface area contributed by atoms with Crippen LogP contribution < -0.4 is 5.32 Å². The molecule has 0 heterocycles. The Morgan fingerprint density at radius 1 is 1.25 bits per heavy atom. The third-order valence-electron chi connectivity index (χ3n) is 3.96. The monoisotopic (exact) mass is 225 g/mol. The molecule has 0 aromatic rings. The van der Waals surface area contributed by atoms with Gasteiger partial charge in [-0.3, -0.25) is 10.1 Å². The zero-order valence-corrected chi connectivity index (χ0v) is 10.3. The van der Waals surface area contributed by atoms with Crippen LogP contribution in [0.15, 0.2) is 0 Å². The highest BCUT2D eigenvalue weighted by molar-refractivity contribution is 5.81. The normalized spacial score (nSPS) is 24.8. The lowest BCUT2D eigenvalue weighted by atomic mass is 9.96. The fraction of sp³-hybridized carbons (Fsp3) is 0.923. The standard InChI is InChI=1S/C13H23NO2/c1-2-16-12(15)13(9-5-6-10-13)14-11-7-3-4-8-11/h11,14H,2-10H2,1H3. The molecule has 0 spiro atoms. The van der Waals surface area contributed by atoms with Gasteiger partial charge in [0.25, 0.3) is 0 Å². The summed E-state index contributed by atoms with van der Waals surface area (Å²) in [5.41, 5.74) is -0.342. The van der Waals surface area contributed by atoms with E-state index in [1.165, 1.54) is 25.7 Å². The first-order valence-corrected chi connectivity index (χ1v) is 6.72. The second-order valence-electron chi connectivity index (χ2n) is 5.14. The number of nitrogens with one attached hydrogen (secondary N) is 1. The van der Waals surface area contributed by atoms with Gasteiger partial charge in [-0.25, -0.2) is 0 Å². The van der Waals surface area contributed by atoms with E-state index in [-0.39, 0.29) is 11.5 Å². The van der Waals surface area contributed by atoms with Crippen molar-refractivity contribution in [2.24, 2.45) is 0 Å². The Balaban J connectivity index is 1.99. The Bertz CT molecular complexity index is 240. The summed E-state index contributed by atoms with van der Waals surface area (Å²) in [5.74, 6) is -0.0144. The topological polar surface area (TPSA) is 38.3 Å². The van der Waals surface area contributed by atoms with Gasteiger partial charge in [-0.2, -0.15) is 0 Å². The molecule has 1 N–H and O–H groups in total. The molecule has 0 saturated heterocycles. The van der Waals surface area contributed by atoms with Gasteiger partial charge in [-0.15, -0.1) is 0 Å². The van der Waals surface area contributed by atoms with Crippen molar-refractivity contribution >= 4 is 5.97 Å². The maximum absolute atomic E-state index is 12.1. The Hall–Kier alpha value is -0.570. The van der Waals surface area contributed by atoms with Crippen LogP contribution in [0.5, 0.6) is 0 Å². The zero-order valence-electron chi connectivity index (χ0n) is 10.3. The number of ether oxygens (including phenoxy) is 1. The predicted octanol–water partition coefficient (Wildman–Crippen LogP) is 2.39. The average molecular weight is 225 g/mol. The van der Waals surface area contributed by atoms with Gasteiger partial charge in [0.2, 0.25) is 0 Å². The first-order valence-electron chi connectivity index (χ1n) is 6.72. The third-order valence-corrected chi connectivity index (χ3v) is 3.96. The van der Waals surface area contributed by atoms with E-state index in [4.69, 9.17) is 4.74 Å². The summed E-state index contributed by atoms with van der Waals surface area (Å²) < 4.78 is 5.24. The van der Waals surface area contributed by atoms with E-state index < -0.39 is 0 Å². The van der Waals surface area contributed by atoms with Gasteiger partial charge < -0.3 is 4.74 Å². The zero-order chi connectivity index (χ0) is 11.4. The van der Waals surface area contributed by atoms with Gasteiger partial charge in [0.1, 0.15) is 5.54 Å². The van der Waals surface area contributed by atoms with Gasteiger partial charge in [0, 0.05) is 6.04 Å². The molecule has 2 aliphatic carbocycles. The molecule has 3 heteroatoms. The summed E-state index contributed by atoms with van der Waals surface area (Å²) >= 11 is 0. The van der Waals surface area contributed by atoms with E-state index in [9.17, 15) is 4.79 Å². The number of rotatable bonds is 4. The highest BCUT2D eigenvalue weighted by Crippen LogP contribution is 2.33. The molecule has 0 atom stereocenters. The summed E-state index contributed by atoms with van der Waals surface area (Å²) in [6, 6.07) is 0.544. The van der Waals surface area contributed by atoms with Crippen LogP contribution in [0.4, 0.5) is 0 Å². The van der Waals surface area contributed by atoms with Crippen molar-refractivity contribution in [3.05, 3.63) is 0 Å². The number of hydrogen-bond donors (Lipinski definition) is 1. The van der Waals surface area contributed by atoms with Crippen LogP contribution in [0, 0.1) is 0 Å². The fourth-order valence-corrected chi connectivity index (χ4v) is 3.12. The van der Waals surface area contributed by atoms with E-state index in [1.807, 2.05) is 6.92 Å². The van der Waals surface area contributed by atoms with Crippen LogP contribution in [0.3, 0.4) is 0 Å². The van der Waals surface area contributed by atoms with Crippen molar-refractivity contribution in [2.75, 3.05) is 6.61 Å². The Kier molecular flexibility index (Phi) is 3.85. The Labute approximate surface area is 97.9 Å². The molecule has 0 aromatic heterocycles. The number of hydrogen-bond acceptors (Lipinski definition) is 3. The minimum atomic E-state index is -0.342. The lowest BCUT2D eigenvalue weighted by molar-refractivity contribution is -0.151. The molecule has 2 rings (SSSR count). The van der Waals surface area contributed by atoms with Crippen LogP contribution in [0.2, 0.25) is 0 Å². The molecule has 2 aliphatic rings. The van der Waals surface area contributed by atoms with Crippen LogP contribution >= 0.6 is 0 Å². The molecule has 16 heavy (non-hydrogen) atoms. The smallest absolute Gasteiger partial charge is 0.326 e. The summed E-state index contributed by atoms with van der Waals surface area (Å²) in [5, 5.41) is 3.60. The molecule has 0 bridgehead atoms. The molecule has 0 aromatic carbocycles. The largest absolute Gasteiger partial charge is 0.465 e. The van der Waals surface area contributed by atoms with Crippen LogP contribution in [0.1, 0.15) is 58.3 Å². The van der Waals surface area contributed by atoms with Crippen molar-refractivity contribution in [3.63, 3.8) is 0 Å². The maximum atomic E-state index is 12.1. The number of esters is 1. The number of carbonyl (C=O) groups excluding carboxylic acids is 1. The van der Waals surface area contributed by atoms with Crippen molar-refractivity contribution < 1.29 is 9.53 Å². The molecular weight excluding hydrogens is 202 g/mol. The maximum Gasteiger partial charge on any atom is 0.326 e. The SMILES string of the molecule is CCOC(=O)C1(NC2CCCC2)CCCC1. The summed E-state index contributed by atoms with van der Waals surface area (Å²) in [7, 11) is 0. The van der Waals surface area contributed by atoms with Gasteiger partial charge in [0.05, 0.1) is 6.61 Å². The Morgan fingerprint density at radius 3 is 2.44 bits per heavy atom. The van der Waals surface area contributed by atoms with Crippen LogP contribution in [-0.2, 0) is 9.53 Å². The van der Waals surface area contributed by atoms with Crippen LogP contribution in [0.25, 0.3) is 0 Å². The van der Waals surface area contributed by atoms with E-state index in [0.29, 0.717) is 12.6 Å². The molecule has 2 fully saturated rings. The van der Waals surface area contributed by atoms with Crippen molar-refractivity contribution in [1.29, 1.82) is 0 Å². The quantitative estimate of drug-likeness (QED) is 0.747. The highest BCUT2D eigenvalue weighted by Gasteiger charge is 2.43. The molecule has 0 radical (unpaired) electrons. The van der Waals surface area contributed by atoms with E-state index >= 15 is 0 Å². The molecule has 0 amide bonds. The van der Waals surface area contributed by atoms with Gasteiger partial charge in [0.15, 0.2) is 0 Å². The first-order chi connectivity index (χ1) is 7.77. The van der Waals surface area contributed by atoms with Crippen molar-refractivity contribution in [1.82, 2.24) is 5.32 Å². The van der Waals surface area contributed by atoms with Gasteiger partial charge in [-0.1, -0.05) is 25.7 Å². The van der Waals surface area contributed by atoms with E-state index in [1.54, 1.807) is 0 Å². The second-order valence-corrected chi connectivity index (χ2v) is 5.14. The van der Waals surface area contributed by atoms with Crippen LogP contribution in [-0.4, -0.2) is 24.2 Å². The van der Waals surface area contributed by atoms with Crippen molar-refractivity contribution in [3.8, 4) is 0 Å². The minimum absolute atomic E-state index is 0.0144. The lowest BCUT2D eigenvalue weighted by Crippen LogP contribution is -2.54. The fourth-order valence-electron chi connectivity index (χ4n) is 3.12. The molecule has 0 unspecified atom stereocenters. The van der Waals surface area contributed by atoms with Gasteiger partial charge >= 0.3 is 5.97 Å². The molecule has 0 aliphatic heterocycles. The average Bonchev–Trinajstić information content (AvgIpc) is 2.91. The molecule has 3 nitrogen and oxygen atoms in total. The van der Waals surface area contributed by atoms with Crippen molar-refractivity contribution in [2.45, 2.75) is 69.9 Å². The predicted molar refractivity (Wildman–Crippen MR) is 63.2 cm³/mol. The van der Waals surface area contributed by atoms with Gasteiger partial charge in [-0.05, 0) is 32.6 Å². The summed E-state index contributed by atoms with van der Waals surface area (Å²) in [6.45, 7) is 2.38. The second kappa shape index (κ2) is 5.17.